The molecular weight excluding hydrogens is 334 g/mol. The number of phenols is 1. The first-order valence-electron chi connectivity index (χ1n) is 8.64. The zero-order valence-electron chi connectivity index (χ0n) is 14.2. The van der Waals surface area contributed by atoms with Crippen LogP contribution in [0.15, 0.2) is 36.7 Å². The molecule has 0 spiro atoms. The second-order valence-corrected chi connectivity index (χ2v) is 7.00. The Morgan fingerprint density at radius 1 is 1.08 bits per heavy atom. The summed E-state index contributed by atoms with van der Waals surface area (Å²) >= 11 is 0. The van der Waals surface area contributed by atoms with Crippen LogP contribution in [0.4, 0.5) is 5.95 Å². The Labute approximate surface area is 151 Å². The van der Waals surface area contributed by atoms with Gasteiger partial charge in [-0.25, -0.2) is 15.4 Å². The van der Waals surface area contributed by atoms with Gasteiger partial charge in [0.15, 0.2) is 0 Å². The third kappa shape index (κ3) is 3.33. The van der Waals surface area contributed by atoms with Gasteiger partial charge < -0.3 is 10.0 Å². The van der Waals surface area contributed by atoms with Gasteiger partial charge in [0.2, 0.25) is 5.95 Å². The van der Waals surface area contributed by atoms with Gasteiger partial charge in [0.25, 0.3) is 5.91 Å². The third-order valence-electron chi connectivity index (χ3n) is 5.19. The summed E-state index contributed by atoms with van der Waals surface area (Å²) in [4.78, 5) is 24.5. The summed E-state index contributed by atoms with van der Waals surface area (Å²) < 4.78 is 0. The van der Waals surface area contributed by atoms with Crippen molar-refractivity contribution < 1.29 is 15.1 Å². The molecule has 136 valence electrons. The van der Waals surface area contributed by atoms with Gasteiger partial charge in [-0.15, -0.1) is 0 Å². The summed E-state index contributed by atoms with van der Waals surface area (Å²) in [5, 5.41) is 18.0. The van der Waals surface area contributed by atoms with Crippen molar-refractivity contribution in [2.24, 2.45) is 11.8 Å². The van der Waals surface area contributed by atoms with Crippen molar-refractivity contribution in [3.63, 3.8) is 0 Å². The van der Waals surface area contributed by atoms with Crippen LogP contribution in [-0.4, -0.2) is 57.3 Å². The summed E-state index contributed by atoms with van der Waals surface area (Å²) in [5.74, 6) is 1.47. The average molecular weight is 355 g/mol. The fourth-order valence-electron chi connectivity index (χ4n) is 3.91. The number of fused-ring (bicyclic) bond motifs is 1. The molecule has 0 bridgehead atoms. The van der Waals surface area contributed by atoms with Gasteiger partial charge in [-0.1, -0.05) is 12.1 Å². The fourth-order valence-corrected chi connectivity index (χ4v) is 3.91. The highest BCUT2D eigenvalue weighted by Gasteiger charge is 2.40. The second kappa shape index (κ2) is 6.89. The molecule has 2 atom stereocenters. The van der Waals surface area contributed by atoms with Crippen LogP contribution in [0.1, 0.15) is 15.9 Å². The third-order valence-corrected chi connectivity index (χ3v) is 5.19. The first-order chi connectivity index (χ1) is 12.6. The predicted octanol–water partition coefficient (Wildman–Crippen LogP) is 0.869. The van der Waals surface area contributed by atoms with E-state index < -0.39 is 5.91 Å². The molecule has 1 aromatic heterocycles. The number of anilines is 1. The van der Waals surface area contributed by atoms with E-state index in [0.29, 0.717) is 23.5 Å². The fraction of sp³-hybridized carbons (Fsp3) is 0.389. The topological polar surface area (TPSA) is 102 Å². The monoisotopic (exact) mass is 355 g/mol. The zero-order valence-corrected chi connectivity index (χ0v) is 14.2. The highest BCUT2D eigenvalue weighted by Crippen LogP contribution is 2.33. The maximum Gasteiger partial charge on any atom is 0.277 e. The molecule has 0 saturated carbocycles. The number of nitrogens with one attached hydrogen (secondary N) is 1. The lowest BCUT2D eigenvalue weighted by Gasteiger charge is -2.21. The van der Waals surface area contributed by atoms with E-state index in [-0.39, 0.29) is 5.56 Å². The molecule has 3 N–H and O–H groups in total. The Morgan fingerprint density at radius 3 is 2.27 bits per heavy atom. The Morgan fingerprint density at radius 2 is 1.69 bits per heavy atom. The van der Waals surface area contributed by atoms with Gasteiger partial charge in [0.05, 0.1) is 5.56 Å². The molecule has 3 heterocycles. The molecule has 8 heteroatoms. The summed E-state index contributed by atoms with van der Waals surface area (Å²) in [7, 11) is 0. The van der Waals surface area contributed by atoms with Crippen molar-refractivity contribution in [2.75, 3.05) is 31.1 Å². The Balaban J connectivity index is 1.34. The summed E-state index contributed by atoms with van der Waals surface area (Å²) in [6.45, 7) is 4.78. The highest BCUT2D eigenvalue weighted by atomic mass is 16.5. The van der Waals surface area contributed by atoms with Crippen molar-refractivity contribution in [3.8, 4) is 5.75 Å². The van der Waals surface area contributed by atoms with Crippen LogP contribution in [0.2, 0.25) is 0 Å². The van der Waals surface area contributed by atoms with Crippen LogP contribution >= 0.6 is 0 Å². The SMILES string of the molecule is O=C(NO)c1cnc(N2CC3CN(Cc4ccc(O)cc4)CC3C2)nc1. The first-order valence-corrected chi connectivity index (χ1v) is 8.64. The van der Waals surface area contributed by atoms with Gasteiger partial charge in [-0.2, -0.15) is 0 Å². The molecule has 2 unspecified atom stereocenters. The van der Waals surface area contributed by atoms with Crippen molar-refractivity contribution in [3.05, 3.63) is 47.8 Å². The van der Waals surface area contributed by atoms with Crippen molar-refractivity contribution in [1.29, 1.82) is 0 Å². The number of carbonyl (C=O) groups excluding carboxylic acids is 1. The van der Waals surface area contributed by atoms with E-state index in [1.165, 1.54) is 18.0 Å². The van der Waals surface area contributed by atoms with Gasteiger partial charge in [-0.05, 0) is 29.5 Å². The molecule has 0 aliphatic carbocycles. The molecule has 0 radical (unpaired) electrons. The molecule has 2 saturated heterocycles. The smallest absolute Gasteiger partial charge is 0.277 e. The van der Waals surface area contributed by atoms with E-state index in [1.54, 1.807) is 17.6 Å². The van der Waals surface area contributed by atoms with Crippen LogP contribution < -0.4 is 10.4 Å². The predicted molar refractivity (Wildman–Crippen MR) is 93.9 cm³/mol. The molecule has 2 aromatic rings. The van der Waals surface area contributed by atoms with Crippen LogP contribution in [0, 0.1) is 11.8 Å². The maximum absolute atomic E-state index is 11.3. The number of amides is 1. The Hall–Kier alpha value is -2.71. The molecule has 1 aromatic carbocycles. The molecule has 8 nitrogen and oxygen atoms in total. The number of carbonyl (C=O) groups is 1. The number of hydroxylamine groups is 1. The minimum atomic E-state index is -0.611. The van der Waals surface area contributed by atoms with E-state index in [2.05, 4.69) is 19.8 Å². The summed E-state index contributed by atoms with van der Waals surface area (Å²) in [6.07, 6.45) is 2.86. The van der Waals surface area contributed by atoms with Crippen molar-refractivity contribution in [1.82, 2.24) is 20.3 Å². The first kappa shape index (κ1) is 16.7. The lowest BCUT2D eigenvalue weighted by molar-refractivity contribution is 0.0705. The van der Waals surface area contributed by atoms with Crippen LogP contribution in [0.25, 0.3) is 0 Å². The standard InChI is InChI=1S/C18H21N5O3/c24-16-3-1-12(2-4-16)7-22-8-14-10-23(11-15(14)9-22)18-19-5-13(6-20-18)17(25)21-26/h1-6,14-15,24,26H,7-11H2,(H,21,25). The van der Waals surface area contributed by atoms with Gasteiger partial charge in [-0.3, -0.25) is 14.9 Å². The second-order valence-electron chi connectivity index (χ2n) is 7.00. The molecule has 1 amide bonds. The minimum Gasteiger partial charge on any atom is -0.508 e. The summed E-state index contributed by atoms with van der Waals surface area (Å²) in [6, 6.07) is 7.39. The van der Waals surface area contributed by atoms with E-state index in [9.17, 15) is 9.90 Å². The van der Waals surface area contributed by atoms with Gasteiger partial charge in [0, 0.05) is 45.1 Å². The van der Waals surface area contributed by atoms with Crippen LogP contribution in [0.5, 0.6) is 5.75 Å². The van der Waals surface area contributed by atoms with Crippen molar-refractivity contribution >= 4 is 11.9 Å². The molecular formula is C18H21N5O3. The lowest BCUT2D eigenvalue weighted by Crippen LogP contribution is -2.29. The van der Waals surface area contributed by atoms with E-state index in [0.717, 1.165) is 32.7 Å². The van der Waals surface area contributed by atoms with E-state index >= 15 is 0 Å². The molecule has 2 aliphatic heterocycles. The molecule has 26 heavy (non-hydrogen) atoms. The molecule has 2 aliphatic rings. The Bertz CT molecular complexity index is 766. The summed E-state index contributed by atoms with van der Waals surface area (Å²) in [5.41, 5.74) is 3.02. The number of aromatic nitrogens is 2. The van der Waals surface area contributed by atoms with Crippen LogP contribution in [-0.2, 0) is 6.54 Å². The van der Waals surface area contributed by atoms with Gasteiger partial charge >= 0.3 is 0 Å². The minimum absolute atomic E-state index is 0.232. The quantitative estimate of drug-likeness (QED) is 0.552. The average Bonchev–Trinajstić information content (AvgIpc) is 3.21. The van der Waals surface area contributed by atoms with E-state index in [1.807, 2.05) is 12.1 Å². The number of aromatic hydroxyl groups is 1. The number of phenolic OH excluding ortho intramolecular Hbond substituents is 1. The molecule has 4 rings (SSSR count). The normalized spacial score (nSPS) is 22.4. The zero-order chi connectivity index (χ0) is 18.1. The number of likely N-dealkylation sites (tertiary alicyclic amines) is 1. The molecule has 2 fully saturated rings. The number of nitrogens with zero attached hydrogens (tertiary/aromatic N) is 4. The largest absolute Gasteiger partial charge is 0.508 e. The lowest BCUT2D eigenvalue weighted by atomic mass is 10.0. The van der Waals surface area contributed by atoms with Crippen LogP contribution in [0.3, 0.4) is 0 Å². The number of benzene rings is 1. The van der Waals surface area contributed by atoms with Gasteiger partial charge in [0.1, 0.15) is 5.75 Å². The van der Waals surface area contributed by atoms with Crippen molar-refractivity contribution in [2.45, 2.75) is 6.54 Å². The highest BCUT2D eigenvalue weighted by molar-refractivity contribution is 5.92. The van der Waals surface area contributed by atoms with E-state index in [4.69, 9.17) is 5.21 Å². The Kier molecular flexibility index (Phi) is 4.44. The maximum atomic E-state index is 11.3. The number of rotatable bonds is 4. The number of hydrogen-bond donors (Lipinski definition) is 3. The number of hydrogen-bond acceptors (Lipinski definition) is 7.